The topological polar surface area (TPSA) is 62.7 Å². The highest BCUT2D eigenvalue weighted by molar-refractivity contribution is 5.96. The molecule has 2 saturated heterocycles. The standard InChI is InChI=1S/C15H16F3N3O3/c1-20-10-6-21(5-9(13(20)22)7-24-8-10)14(23)11-3-2-4-19-12(11)15(16,17)18/h2-4,9-10H,5-8H2,1H3/t9-,10+/m1/s1. The van der Waals surface area contributed by atoms with E-state index in [0.29, 0.717) is 0 Å². The minimum Gasteiger partial charge on any atom is -0.378 e. The molecule has 2 amide bonds. The molecule has 130 valence electrons. The zero-order chi connectivity index (χ0) is 17.5. The molecule has 2 aliphatic rings. The Morgan fingerprint density at radius 2 is 2.08 bits per heavy atom. The Morgan fingerprint density at radius 3 is 2.79 bits per heavy atom. The average molecular weight is 343 g/mol. The van der Waals surface area contributed by atoms with Crippen LogP contribution in [-0.2, 0) is 15.7 Å². The molecule has 0 aromatic carbocycles. The van der Waals surface area contributed by atoms with Gasteiger partial charge in [0, 0.05) is 26.3 Å². The Morgan fingerprint density at radius 1 is 1.33 bits per heavy atom. The molecule has 3 heterocycles. The largest absolute Gasteiger partial charge is 0.434 e. The van der Waals surface area contributed by atoms with Crippen molar-refractivity contribution in [3.63, 3.8) is 0 Å². The maximum atomic E-state index is 13.1. The summed E-state index contributed by atoms with van der Waals surface area (Å²) >= 11 is 0. The molecule has 0 spiro atoms. The summed E-state index contributed by atoms with van der Waals surface area (Å²) in [5.41, 5.74) is -1.71. The van der Waals surface area contributed by atoms with Crippen molar-refractivity contribution in [3.8, 4) is 0 Å². The predicted molar refractivity (Wildman–Crippen MR) is 76.0 cm³/mol. The lowest BCUT2D eigenvalue weighted by atomic mass is 10.1. The highest BCUT2D eigenvalue weighted by Crippen LogP contribution is 2.31. The third kappa shape index (κ3) is 2.95. The molecule has 6 nitrogen and oxygen atoms in total. The van der Waals surface area contributed by atoms with Crippen LogP contribution in [0.15, 0.2) is 18.3 Å². The van der Waals surface area contributed by atoms with E-state index < -0.39 is 29.3 Å². The van der Waals surface area contributed by atoms with Crippen LogP contribution in [0.25, 0.3) is 0 Å². The van der Waals surface area contributed by atoms with Crippen molar-refractivity contribution < 1.29 is 27.5 Å². The normalized spacial score (nSPS) is 24.8. The molecule has 3 rings (SSSR count). The predicted octanol–water partition coefficient (Wildman–Crippen LogP) is 1.03. The maximum Gasteiger partial charge on any atom is 0.434 e. The quantitative estimate of drug-likeness (QED) is 0.764. The number of alkyl halides is 3. The summed E-state index contributed by atoms with van der Waals surface area (Å²) in [6.07, 6.45) is -3.72. The van der Waals surface area contributed by atoms with E-state index in [4.69, 9.17) is 4.74 Å². The third-order valence-corrected chi connectivity index (χ3v) is 4.34. The zero-order valence-electron chi connectivity index (χ0n) is 12.9. The molecule has 2 bridgehead atoms. The molecular formula is C15H16F3N3O3. The third-order valence-electron chi connectivity index (χ3n) is 4.34. The van der Waals surface area contributed by atoms with E-state index in [9.17, 15) is 22.8 Å². The number of amides is 2. The van der Waals surface area contributed by atoms with Gasteiger partial charge in [0.2, 0.25) is 5.91 Å². The maximum absolute atomic E-state index is 13.1. The van der Waals surface area contributed by atoms with E-state index in [1.807, 2.05) is 0 Å². The summed E-state index contributed by atoms with van der Waals surface area (Å²) in [7, 11) is 1.62. The van der Waals surface area contributed by atoms with Crippen molar-refractivity contribution in [3.05, 3.63) is 29.6 Å². The molecule has 2 aliphatic heterocycles. The van der Waals surface area contributed by atoms with E-state index in [-0.39, 0.29) is 38.3 Å². The first-order chi connectivity index (χ1) is 11.3. The van der Waals surface area contributed by atoms with E-state index in [1.165, 1.54) is 15.9 Å². The fourth-order valence-electron chi connectivity index (χ4n) is 3.04. The Hall–Kier alpha value is -2.16. The van der Waals surface area contributed by atoms with Gasteiger partial charge in [-0.2, -0.15) is 13.2 Å². The Bertz CT molecular complexity index is 665. The lowest BCUT2D eigenvalue weighted by Crippen LogP contribution is -2.45. The van der Waals surface area contributed by atoms with Crippen molar-refractivity contribution >= 4 is 11.8 Å². The number of nitrogens with zero attached hydrogens (tertiary/aromatic N) is 3. The molecule has 1 aromatic rings. The number of carbonyl (C=O) groups is 2. The van der Waals surface area contributed by atoms with Crippen LogP contribution in [0.2, 0.25) is 0 Å². The number of carbonyl (C=O) groups excluding carboxylic acids is 2. The second-order valence-corrected chi connectivity index (χ2v) is 5.94. The number of pyridine rings is 1. The first-order valence-corrected chi connectivity index (χ1v) is 7.45. The molecular weight excluding hydrogens is 327 g/mol. The molecule has 2 fully saturated rings. The number of hydrogen-bond acceptors (Lipinski definition) is 4. The summed E-state index contributed by atoms with van der Waals surface area (Å²) in [6.45, 7) is 0.568. The van der Waals surface area contributed by atoms with E-state index >= 15 is 0 Å². The van der Waals surface area contributed by atoms with E-state index in [2.05, 4.69) is 4.98 Å². The molecule has 0 N–H and O–H groups in total. The smallest absolute Gasteiger partial charge is 0.378 e. The molecule has 1 aromatic heterocycles. The summed E-state index contributed by atoms with van der Waals surface area (Å²) in [5, 5.41) is 0. The fraction of sp³-hybridized carbons (Fsp3) is 0.533. The number of aromatic nitrogens is 1. The van der Waals surface area contributed by atoms with Gasteiger partial charge in [-0.15, -0.1) is 0 Å². The SMILES string of the molecule is CN1C(=O)[C@H]2COC[C@@H]1CN(C(=O)c1cccnc1C(F)(F)F)C2. The lowest BCUT2D eigenvalue weighted by Gasteiger charge is -2.29. The van der Waals surface area contributed by atoms with Gasteiger partial charge in [0.15, 0.2) is 5.69 Å². The monoisotopic (exact) mass is 343 g/mol. The zero-order valence-corrected chi connectivity index (χ0v) is 12.9. The Labute approximate surface area is 136 Å². The van der Waals surface area contributed by atoms with Gasteiger partial charge >= 0.3 is 6.18 Å². The molecule has 9 heteroatoms. The van der Waals surface area contributed by atoms with Gasteiger partial charge in [0.05, 0.1) is 30.7 Å². The van der Waals surface area contributed by atoms with Gasteiger partial charge in [0.25, 0.3) is 5.91 Å². The Balaban J connectivity index is 1.93. The van der Waals surface area contributed by atoms with Crippen LogP contribution in [-0.4, -0.2) is 66.0 Å². The Kier molecular flexibility index (Phi) is 4.20. The molecule has 0 aliphatic carbocycles. The van der Waals surface area contributed by atoms with Crippen LogP contribution >= 0.6 is 0 Å². The van der Waals surface area contributed by atoms with Gasteiger partial charge in [-0.3, -0.25) is 14.6 Å². The number of fused-ring (bicyclic) bond motifs is 3. The van der Waals surface area contributed by atoms with Crippen LogP contribution in [0.5, 0.6) is 0 Å². The molecule has 2 atom stereocenters. The van der Waals surface area contributed by atoms with Crippen LogP contribution in [0.4, 0.5) is 13.2 Å². The molecule has 24 heavy (non-hydrogen) atoms. The second kappa shape index (κ2) is 6.04. The van der Waals surface area contributed by atoms with Crippen molar-refractivity contribution in [1.29, 1.82) is 0 Å². The van der Waals surface area contributed by atoms with E-state index in [1.54, 1.807) is 7.05 Å². The summed E-state index contributed by atoms with van der Waals surface area (Å²) in [6, 6.07) is 2.03. The van der Waals surface area contributed by atoms with Crippen molar-refractivity contribution in [1.82, 2.24) is 14.8 Å². The van der Waals surface area contributed by atoms with Gasteiger partial charge in [-0.25, -0.2) is 0 Å². The number of hydrogen-bond donors (Lipinski definition) is 0. The van der Waals surface area contributed by atoms with Gasteiger partial charge in [-0.05, 0) is 12.1 Å². The minimum atomic E-state index is -4.72. The van der Waals surface area contributed by atoms with Crippen molar-refractivity contribution in [2.24, 2.45) is 5.92 Å². The molecule has 0 unspecified atom stereocenters. The average Bonchev–Trinajstić information content (AvgIpc) is 2.71. The van der Waals surface area contributed by atoms with Crippen LogP contribution in [0.1, 0.15) is 16.1 Å². The number of halogens is 3. The number of likely N-dealkylation sites (N-methyl/N-ethyl adjacent to an activating group) is 1. The van der Waals surface area contributed by atoms with Crippen LogP contribution < -0.4 is 0 Å². The van der Waals surface area contributed by atoms with Gasteiger partial charge in [0.1, 0.15) is 0 Å². The summed E-state index contributed by atoms with van der Waals surface area (Å²) in [4.78, 5) is 31.1. The van der Waals surface area contributed by atoms with Crippen molar-refractivity contribution in [2.75, 3.05) is 33.4 Å². The highest BCUT2D eigenvalue weighted by atomic mass is 19.4. The van der Waals surface area contributed by atoms with Crippen LogP contribution in [0, 0.1) is 5.92 Å². The van der Waals surface area contributed by atoms with Gasteiger partial charge in [-0.1, -0.05) is 0 Å². The first-order valence-electron chi connectivity index (χ1n) is 7.45. The fourth-order valence-corrected chi connectivity index (χ4v) is 3.04. The van der Waals surface area contributed by atoms with Crippen LogP contribution in [0.3, 0.4) is 0 Å². The van der Waals surface area contributed by atoms with Crippen molar-refractivity contribution in [2.45, 2.75) is 12.2 Å². The number of ether oxygens (including phenoxy) is 1. The van der Waals surface area contributed by atoms with E-state index in [0.717, 1.165) is 12.3 Å². The highest BCUT2D eigenvalue weighted by Gasteiger charge is 2.42. The van der Waals surface area contributed by atoms with Gasteiger partial charge < -0.3 is 14.5 Å². The minimum absolute atomic E-state index is 0.0324. The number of rotatable bonds is 1. The second-order valence-electron chi connectivity index (χ2n) is 5.94. The molecule has 0 saturated carbocycles. The first kappa shape index (κ1) is 16.7. The molecule has 0 radical (unpaired) electrons. The lowest BCUT2D eigenvalue weighted by molar-refractivity contribution is -0.141. The summed E-state index contributed by atoms with van der Waals surface area (Å²) < 4.78 is 44.7. The summed E-state index contributed by atoms with van der Waals surface area (Å²) in [5.74, 6) is -1.50.